The lowest BCUT2D eigenvalue weighted by Crippen LogP contribution is -2.53. The Bertz CT molecular complexity index is 233. The second-order valence-corrected chi connectivity index (χ2v) is 6.41. The molecule has 3 fully saturated rings. The Morgan fingerprint density at radius 1 is 0.700 bits per heavy atom. The van der Waals surface area contributed by atoms with Crippen molar-refractivity contribution in [2.45, 2.75) is 83.5 Å². The maximum Gasteiger partial charge on any atom is 0.282 e. The van der Waals surface area contributed by atoms with Crippen molar-refractivity contribution >= 4 is 0 Å². The SMILES string of the molecule is CCCCCCCCCCCCC12OCC(CO1)CO2. The number of ether oxygens (including phenoxy) is 3. The second-order valence-electron chi connectivity index (χ2n) is 6.41. The van der Waals surface area contributed by atoms with Gasteiger partial charge in [0.25, 0.3) is 5.97 Å². The lowest BCUT2D eigenvalue weighted by Gasteiger charge is -2.45. The van der Waals surface area contributed by atoms with Gasteiger partial charge in [0.1, 0.15) is 0 Å². The molecule has 0 spiro atoms. The zero-order valence-electron chi connectivity index (χ0n) is 13.2. The predicted molar refractivity (Wildman–Crippen MR) is 80.5 cm³/mol. The van der Waals surface area contributed by atoms with E-state index in [9.17, 15) is 0 Å². The Hall–Kier alpha value is -0.120. The van der Waals surface area contributed by atoms with Gasteiger partial charge < -0.3 is 14.2 Å². The molecule has 20 heavy (non-hydrogen) atoms. The van der Waals surface area contributed by atoms with Crippen molar-refractivity contribution in [3.05, 3.63) is 0 Å². The molecule has 0 aliphatic carbocycles. The molecule has 0 aromatic carbocycles. The first-order valence-corrected chi connectivity index (χ1v) is 8.76. The van der Waals surface area contributed by atoms with Gasteiger partial charge in [0, 0.05) is 12.3 Å². The molecule has 0 N–H and O–H groups in total. The highest BCUT2D eigenvalue weighted by atomic mass is 16.9. The molecule has 0 aromatic rings. The van der Waals surface area contributed by atoms with Crippen molar-refractivity contribution in [2.75, 3.05) is 19.8 Å². The summed E-state index contributed by atoms with van der Waals surface area (Å²) in [6.07, 6.45) is 14.5. The van der Waals surface area contributed by atoms with Crippen LogP contribution in [0.5, 0.6) is 0 Å². The van der Waals surface area contributed by atoms with Gasteiger partial charge in [-0.25, -0.2) is 0 Å². The Morgan fingerprint density at radius 2 is 1.15 bits per heavy atom. The van der Waals surface area contributed by atoms with E-state index in [1.807, 2.05) is 0 Å². The maximum atomic E-state index is 5.70. The van der Waals surface area contributed by atoms with Gasteiger partial charge in [-0.15, -0.1) is 0 Å². The summed E-state index contributed by atoms with van der Waals surface area (Å²) < 4.78 is 17.1. The van der Waals surface area contributed by atoms with Crippen molar-refractivity contribution in [1.29, 1.82) is 0 Å². The minimum Gasteiger partial charge on any atom is -0.327 e. The maximum absolute atomic E-state index is 5.70. The first kappa shape index (κ1) is 16.3. The van der Waals surface area contributed by atoms with Crippen molar-refractivity contribution < 1.29 is 14.2 Å². The van der Waals surface area contributed by atoms with Gasteiger partial charge in [-0.3, -0.25) is 0 Å². The van der Waals surface area contributed by atoms with Crippen LogP contribution in [0, 0.1) is 5.92 Å². The fraction of sp³-hybridized carbons (Fsp3) is 1.00. The average Bonchev–Trinajstić information content (AvgIpc) is 2.51. The van der Waals surface area contributed by atoms with Gasteiger partial charge in [-0.2, -0.15) is 0 Å². The van der Waals surface area contributed by atoms with E-state index >= 15 is 0 Å². The van der Waals surface area contributed by atoms with Crippen LogP contribution in [0.25, 0.3) is 0 Å². The molecule has 0 amide bonds. The summed E-state index contributed by atoms with van der Waals surface area (Å²) in [6, 6.07) is 0. The van der Waals surface area contributed by atoms with Crippen molar-refractivity contribution in [2.24, 2.45) is 5.92 Å². The highest BCUT2D eigenvalue weighted by molar-refractivity contribution is 4.74. The number of fused-ring (bicyclic) bond motifs is 3. The molecule has 118 valence electrons. The second kappa shape index (κ2) is 9.01. The molecule has 3 rings (SSSR count). The first-order valence-electron chi connectivity index (χ1n) is 8.76. The smallest absolute Gasteiger partial charge is 0.282 e. The van der Waals surface area contributed by atoms with Crippen LogP contribution in [0.15, 0.2) is 0 Å². The molecule has 3 saturated heterocycles. The fourth-order valence-electron chi connectivity index (χ4n) is 3.05. The number of hydrogen-bond donors (Lipinski definition) is 0. The molecule has 0 saturated carbocycles. The van der Waals surface area contributed by atoms with Gasteiger partial charge in [0.2, 0.25) is 0 Å². The number of unbranched alkanes of at least 4 members (excludes halogenated alkanes) is 9. The van der Waals surface area contributed by atoms with Crippen molar-refractivity contribution in [1.82, 2.24) is 0 Å². The minimum atomic E-state index is -0.672. The van der Waals surface area contributed by atoms with Crippen molar-refractivity contribution in [3.63, 3.8) is 0 Å². The molecule has 0 aromatic heterocycles. The third-order valence-electron chi connectivity index (χ3n) is 4.45. The highest BCUT2D eigenvalue weighted by Crippen LogP contribution is 2.34. The van der Waals surface area contributed by atoms with Crippen LogP contribution in [0.1, 0.15) is 77.6 Å². The predicted octanol–water partition coefficient (Wildman–Crippen LogP) is 4.64. The van der Waals surface area contributed by atoms with Crippen LogP contribution in [-0.2, 0) is 14.2 Å². The summed E-state index contributed by atoms with van der Waals surface area (Å²) in [5, 5.41) is 0. The van der Waals surface area contributed by atoms with Crippen LogP contribution >= 0.6 is 0 Å². The van der Waals surface area contributed by atoms with Gasteiger partial charge >= 0.3 is 0 Å². The lowest BCUT2D eigenvalue weighted by molar-refractivity contribution is -0.450. The normalized spacial score (nSPS) is 28.9. The average molecular weight is 284 g/mol. The molecule has 0 radical (unpaired) electrons. The Morgan fingerprint density at radius 3 is 1.65 bits per heavy atom. The molecule has 3 heteroatoms. The third kappa shape index (κ3) is 5.34. The standard InChI is InChI=1S/C17H32O3/c1-2-3-4-5-6-7-8-9-10-11-12-17-18-13-16(14-19-17)15-20-17/h16H,2-15H2,1H3. The number of hydrogen-bond acceptors (Lipinski definition) is 3. The Labute approximate surface area is 124 Å². The largest absolute Gasteiger partial charge is 0.327 e. The molecule has 3 heterocycles. The molecular formula is C17H32O3. The summed E-state index contributed by atoms with van der Waals surface area (Å²) in [5.74, 6) is -0.209. The Balaban J connectivity index is 1.40. The van der Waals surface area contributed by atoms with Gasteiger partial charge in [-0.1, -0.05) is 64.7 Å². The Kier molecular flexibility index (Phi) is 7.32. The van der Waals surface area contributed by atoms with Crippen LogP contribution in [-0.4, -0.2) is 25.8 Å². The molecule has 3 nitrogen and oxygen atoms in total. The summed E-state index contributed by atoms with van der Waals surface area (Å²) in [4.78, 5) is 0. The number of rotatable bonds is 11. The van der Waals surface area contributed by atoms with Crippen LogP contribution in [0.4, 0.5) is 0 Å². The minimum absolute atomic E-state index is 0.463. The van der Waals surface area contributed by atoms with Crippen LogP contribution in [0.3, 0.4) is 0 Å². The summed E-state index contributed by atoms with van der Waals surface area (Å²) >= 11 is 0. The van der Waals surface area contributed by atoms with E-state index in [-0.39, 0.29) is 0 Å². The van der Waals surface area contributed by atoms with Gasteiger partial charge in [-0.05, 0) is 6.42 Å². The first-order chi connectivity index (χ1) is 9.85. The van der Waals surface area contributed by atoms with Crippen LogP contribution < -0.4 is 0 Å². The van der Waals surface area contributed by atoms with Gasteiger partial charge in [0.05, 0.1) is 19.8 Å². The summed E-state index contributed by atoms with van der Waals surface area (Å²) in [6.45, 7) is 4.72. The quantitative estimate of drug-likeness (QED) is 0.517. The van der Waals surface area contributed by atoms with E-state index < -0.39 is 5.97 Å². The molecule has 3 aliphatic rings. The zero-order chi connectivity index (χ0) is 14.1. The van der Waals surface area contributed by atoms with Gasteiger partial charge in [0.15, 0.2) is 0 Å². The van der Waals surface area contributed by atoms with E-state index in [4.69, 9.17) is 14.2 Å². The van der Waals surface area contributed by atoms with E-state index in [0.29, 0.717) is 5.92 Å². The monoisotopic (exact) mass is 284 g/mol. The molecule has 3 aliphatic heterocycles. The molecule has 2 bridgehead atoms. The van der Waals surface area contributed by atoms with Crippen LogP contribution in [0.2, 0.25) is 0 Å². The zero-order valence-corrected chi connectivity index (χ0v) is 13.2. The summed E-state index contributed by atoms with van der Waals surface area (Å²) in [5.41, 5.74) is 0. The third-order valence-corrected chi connectivity index (χ3v) is 4.45. The highest BCUT2D eigenvalue weighted by Gasteiger charge is 2.43. The van der Waals surface area contributed by atoms with E-state index in [1.54, 1.807) is 0 Å². The van der Waals surface area contributed by atoms with E-state index in [1.165, 1.54) is 57.8 Å². The lowest BCUT2D eigenvalue weighted by atomic mass is 10.0. The summed E-state index contributed by atoms with van der Waals surface area (Å²) in [7, 11) is 0. The van der Waals surface area contributed by atoms with Crippen molar-refractivity contribution in [3.8, 4) is 0 Å². The van der Waals surface area contributed by atoms with E-state index in [0.717, 1.165) is 32.7 Å². The topological polar surface area (TPSA) is 27.7 Å². The molecular weight excluding hydrogens is 252 g/mol. The molecule has 0 unspecified atom stereocenters. The fourth-order valence-corrected chi connectivity index (χ4v) is 3.05. The molecule has 0 atom stereocenters. The van der Waals surface area contributed by atoms with E-state index in [2.05, 4.69) is 6.92 Å².